The number of alkyl halides is 1. The summed E-state index contributed by atoms with van der Waals surface area (Å²) < 4.78 is 35.8. The Labute approximate surface area is 175 Å². The van der Waals surface area contributed by atoms with Gasteiger partial charge in [0.1, 0.15) is 17.1 Å². The van der Waals surface area contributed by atoms with Crippen molar-refractivity contribution in [1.29, 1.82) is 0 Å². The van der Waals surface area contributed by atoms with Crippen molar-refractivity contribution in [2.45, 2.75) is 44.1 Å². The van der Waals surface area contributed by atoms with Gasteiger partial charge in [-0.05, 0) is 6.92 Å². The van der Waals surface area contributed by atoms with Crippen LogP contribution in [0, 0.1) is 5.92 Å². The molecular formula is C16H22ClN2O8PS. The van der Waals surface area contributed by atoms with Crippen molar-refractivity contribution in [2.75, 3.05) is 19.0 Å². The molecular weight excluding hydrogens is 447 g/mol. The van der Waals surface area contributed by atoms with Crippen molar-refractivity contribution in [3.8, 4) is 0 Å². The molecule has 1 aromatic heterocycles. The molecule has 1 unspecified atom stereocenters. The number of phosphoric acid groups is 1. The molecule has 162 valence electrons. The molecule has 13 heteroatoms. The number of nitrogens with zero attached hydrogens (tertiary/aromatic N) is 1. The lowest BCUT2D eigenvalue weighted by Gasteiger charge is -2.34. The molecule has 0 saturated carbocycles. The van der Waals surface area contributed by atoms with Crippen LogP contribution >= 0.6 is 31.2 Å². The molecule has 1 N–H and O–H groups in total. The number of fused-ring (bicyclic) bond motifs is 1. The molecule has 29 heavy (non-hydrogen) atoms. The first-order valence-electron chi connectivity index (χ1n) is 8.93. The molecule has 2 fully saturated rings. The highest BCUT2D eigenvalue weighted by Crippen LogP contribution is 2.59. The number of thioether (sulfide) groups is 1. The summed E-state index contributed by atoms with van der Waals surface area (Å²) in [4.78, 5) is 35.9. The van der Waals surface area contributed by atoms with Gasteiger partial charge in [0.25, 0.3) is 5.56 Å². The quantitative estimate of drug-likeness (QED) is 0.378. The Hall–Kier alpha value is -0.940. The molecule has 2 aliphatic rings. The highest BCUT2D eigenvalue weighted by molar-refractivity contribution is 8.13. The number of aromatic nitrogens is 2. The van der Waals surface area contributed by atoms with Crippen molar-refractivity contribution in [1.82, 2.24) is 9.55 Å². The predicted octanol–water partition coefficient (Wildman–Crippen LogP) is 1.89. The number of rotatable bonds is 6. The summed E-state index contributed by atoms with van der Waals surface area (Å²) in [5.74, 6) is 0.186. The van der Waals surface area contributed by atoms with Gasteiger partial charge in [0, 0.05) is 23.9 Å². The monoisotopic (exact) mass is 468 g/mol. The number of carbonyl (C=O) groups excluding carboxylic acids is 1. The average Bonchev–Trinajstić information content (AvgIpc) is 2.89. The average molecular weight is 469 g/mol. The number of H-pyrrole nitrogens is 1. The maximum absolute atomic E-state index is 12.8. The maximum atomic E-state index is 12.8. The van der Waals surface area contributed by atoms with Crippen LogP contribution in [0.5, 0.6) is 0 Å². The second-order valence-electron chi connectivity index (χ2n) is 7.12. The van der Waals surface area contributed by atoms with Crippen LogP contribution in [-0.4, -0.2) is 50.7 Å². The van der Waals surface area contributed by atoms with E-state index in [1.54, 1.807) is 20.8 Å². The third kappa shape index (κ3) is 4.87. The van der Waals surface area contributed by atoms with Crippen molar-refractivity contribution in [3.05, 3.63) is 33.1 Å². The Balaban J connectivity index is 1.68. The molecule has 10 nitrogen and oxygen atoms in total. The Kier molecular flexibility index (Phi) is 6.79. The van der Waals surface area contributed by atoms with Crippen molar-refractivity contribution < 1.29 is 27.7 Å². The Morgan fingerprint density at radius 1 is 1.52 bits per heavy atom. The third-order valence-electron chi connectivity index (χ3n) is 4.47. The van der Waals surface area contributed by atoms with Gasteiger partial charge in [0.05, 0.1) is 13.2 Å². The number of halogens is 1. The van der Waals surface area contributed by atoms with Crippen LogP contribution in [-0.2, 0) is 27.7 Å². The fourth-order valence-corrected chi connectivity index (χ4v) is 5.68. The predicted molar refractivity (Wildman–Crippen MR) is 106 cm³/mol. The summed E-state index contributed by atoms with van der Waals surface area (Å²) in [5, 5.41) is 0.00383. The number of nitrogens with one attached hydrogen (secondary N) is 1. The van der Waals surface area contributed by atoms with E-state index in [4.69, 9.17) is 29.9 Å². The summed E-state index contributed by atoms with van der Waals surface area (Å²) in [6.07, 6.45) is -1.30. The normalized spacial score (nSPS) is 34.3. The van der Waals surface area contributed by atoms with Crippen LogP contribution in [0.15, 0.2) is 21.9 Å². The van der Waals surface area contributed by atoms with Gasteiger partial charge < -0.3 is 4.74 Å². The van der Waals surface area contributed by atoms with E-state index in [-0.39, 0.29) is 24.2 Å². The number of hydrogen-bond donors (Lipinski definition) is 1. The molecule has 3 rings (SSSR count). The van der Waals surface area contributed by atoms with Crippen molar-refractivity contribution in [3.63, 3.8) is 0 Å². The molecule has 0 bridgehead atoms. The SMILES string of the molecule is CC(C)C(=O)SCCOP1(=O)OC[C@H]2O[C@@H](n3ccc(=O)[nH]c3=O)[C@](C)(Cl)[C@@H]2O1. The highest BCUT2D eigenvalue weighted by Gasteiger charge is 2.60. The van der Waals surface area contributed by atoms with Crippen LogP contribution in [0.25, 0.3) is 0 Å². The zero-order chi connectivity index (χ0) is 21.4. The molecule has 0 aliphatic carbocycles. The smallest absolute Gasteiger partial charge is 0.347 e. The molecule has 1 aromatic rings. The molecule has 5 atom stereocenters. The molecule has 0 spiro atoms. The third-order valence-corrected chi connectivity index (χ3v) is 7.45. The van der Waals surface area contributed by atoms with E-state index in [9.17, 15) is 18.9 Å². The molecule has 2 saturated heterocycles. The van der Waals surface area contributed by atoms with Gasteiger partial charge in [-0.3, -0.25) is 32.7 Å². The zero-order valence-electron chi connectivity index (χ0n) is 16.0. The van der Waals surface area contributed by atoms with Crippen LogP contribution in [0.4, 0.5) is 0 Å². The summed E-state index contributed by atoms with van der Waals surface area (Å²) in [5.41, 5.74) is -1.25. The minimum Gasteiger partial charge on any atom is -0.347 e. The van der Waals surface area contributed by atoms with Gasteiger partial charge in [-0.2, -0.15) is 0 Å². The van der Waals surface area contributed by atoms with E-state index >= 15 is 0 Å². The van der Waals surface area contributed by atoms with Gasteiger partial charge in [0.15, 0.2) is 11.3 Å². The maximum Gasteiger partial charge on any atom is 0.475 e. The lowest BCUT2D eigenvalue weighted by atomic mass is 10.0. The molecule has 3 heterocycles. The summed E-state index contributed by atoms with van der Waals surface area (Å²) in [6, 6.07) is 1.17. The topological polar surface area (TPSA) is 126 Å². The Morgan fingerprint density at radius 2 is 2.24 bits per heavy atom. The van der Waals surface area contributed by atoms with E-state index in [1.807, 2.05) is 0 Å². The first kappa shape index (κ1) is 22.7. The van der Waals surface area contributed by atoms with Gasteiger partial charge >= 0.3 is 13.5 Å². The largest absolute Gasteiger partial charge is 0.475 e. The fourth-order valence-electron chi connectivity index (χ4n) is 2.98. The Bertz CT molecular complexity index is 932. The van der Waals surface area contributed by atoms with E-state index in [0.717, 1.165) is 16.3 Å². The zero-order valence-corrected chi connectivity index (χ0v) is 18.5. The standard InChI is InChI=1S/C16H22ClN2O8PS/c1-9(2)13(21)29-7-6-24-28(23)25-8-10-12(27-28)16(3,17)14(26-10)19-5-4-11(20)18-15(19)22/h4-5,9-10,12,14H,6-8H2,1-3H3,(H,18,20,22)/t10-,12-,14-,16-,28?/m1/s1. The van der Waals surface area contributed by atoms with Crippen LogP contribution < -0.4 is 11.2 Å². The molecule has 0 amide bonds. The van der Waals surface area contributed by atoms with Gasteiger partial charge in [-0.25, -0.2) is 9.36 Å². The number of phosphoric ester groups is 1. The molecule has 2 aliphatic heterocycles. The van der Waals surface area contributed by atoms with E-state index in [1.165, 1.54) is 12.3 Å². The van der Waals surface area contributed by atoms with Crippen molar-refractivity contribution >= 4 is 36.3 Å². The summed E-state index contributed by atoms with van der Waals surface area (Å²) in [7, 11) is -3.92. The van der Waals surface area contributed by atoms with E-state index in [2.05, 4.69) is 4.98 Å². The molecule has 0 radical (unpaired) electrons. The van der Waals surface area contributed by atoms with Crippen molar-refractivity contribution in [2.24, 2.45) is 5.92 Å². The summed E-state index contributed by atoms with van der Waals surface area (Å²) in [6.45, 7) is 5.03. The minimum absolute atomic E-state index is 0.00383. The van der Waals surface area contributed by atoms with Gasteiger partial charge in [0.2, 0.25) is 0 Å². The Morgan fingerprint density at radius 3 is 2.90 bits per heavy atom. The second kappa shape index (κ2) is 8.66. The highest BCUT2D eigenvalue weighted by atomic mass is 35.5. The van der Waals surface area contributed by atoms with Crippen LogP contribution in [0.2, 0.25) is 0 Å². The lowest BCUT2D eigenvalue weighted by molar-refractivity contribution is -0.113. The number of hydrogen-bond acceptors (Lipinski definition) is 9. The number of carbonyl (C=O) groups is 1. The van der Waals surface area contributed by atoms with E-state index in [0.29, 0.717) is 5.75 Å². The first-order chi connectivity index (χ1) is 13.5. The van der Waals surface area contributed by atoms with Crippen LogP contribution in [0.1, 0.15) is 27.0 Å². The fraction of sp³-hybridized carbons (Fsp3) is 0.688. The molecule has 0 aromatic carbocycles. The van der Waals surface area contributed by atoms with Gasteiger partial charge in [-0.1, -0.05) is 25.6 Å². The van der Waals surface area contributed by atoms with Gasteiger partial charge in [-0.15, -0.1) is 11.6 Å². The first-order valence-corrected chi connectivity index (χ1v) is 11.8. The van der Waals surface area contributed by atoms with E-state index < -0.39 is 42.4 Å². The van der Waals surface area contributed by atoms with Crippen LogP contribution in [0.3, 0.4) is 0 Å². The second-order valence-corrected chi connectivity index (χ2v) is 10.7. The minimum atomic E-state index is -3.92. The summed E-state index contributed by atoms with van der Waals surface area (Å²) >= 11 is 7.71. The lowest BCUT2D eigenvalue weighted by Crippen LogP contribution is -2.45. The number of ether oxygens (including phenoxy) is 1. The number of aromatic amines is 1.